The highest BCUT2D eigenvalue weighted by Crippen LogP contribution is 2.26. The SMILES string of the molecule is C/C(=N\SC(C)(C)C)c1ccc(Oc2cccc(C)c2)cc1. The van der Waals surface area contributed by atoms with Crippen LogP contribution in [0.2, 0.25) is 0 Å². The Morgan fingerprint density at radius 1 is 1.00 bits per heavy atom. The number of ether oxygens (including phenoxy) is 1. The third kappa shape index (κ3) is 5.23. The van der Waals surface area contributed by atoms with Gasteiger partial charge in [0, 0.05) is 4.75 Å². The van der Waals surface area contributed by atoms with Gasteiger partial charge in [0.05, 0.1) is 5.71 Å². The van der Waals surface area contributed by atoms with E-state index in [4.69, 9.17) is 4.74 Å². The van der Waals surface area contributed by atoms with Gasteiger partial charge in [-0.05, 0) is 94.1 Å². The lowest BCUT2D eigenvalue weighted by molar-refractivity contribution is 0.482. The maximum absolute atomic E-state index is 5.86. The summed E-state index contributed by atoms with van der Waals surface area (Å²) in [4.78, 5) is 0. The predicted molar refractivity (Wildman–Crippen MR) is 97.3 cm³/mol. The molecule has 0 unspecified atom stereocenters. The maximum Gasteiger partial charge on any atom is 0.127 e. The molecule has 0 aliphatic carbocycles. The van der Waals surface area contributed by atoms with Crippen LogP contribution in [0.1, 0.15) is 38.8 Å². The summed E-state index contributed by atoms with van der Waals surface area (Å²) < 4.78 is 10.6. The Morgan fingerprint density at radius 2 is 1.68 bits per heavy atom. The van der Waals surface area contributed by atoms with Gasteiger partial charge >= 0.3 is 0 Å². The molecular weight excluding hydrogens is 290 g/mol. The number of hydrogen-bond acceptors (Lipinski definition) is 3. The largest absolute Gasteiger partial charge is 0.457 e. The Hall–Kier alpha value is -1.74. The molecule has 0 amide bonds. The molecule has 0 N–H and O–H groups in total. The fourth-order valence-electron chi connectivity index (χ4n) is 1.84. The zero-order chi connectivity index (χ0) is 16.2. The zero-order valence-electron chi connectivity index (χ0n) is 13.9. The highest BCUT2D eigenvalue weighted by molar-refractivity contribution is 7.99. The normalized spacial score (nSPS) is 12.3. The van der Waals surface area contributed by atoms with Crippen LogP contribution in [0.4, 0.5) is 0 Å². The van der Waals surface area contributed by atoms with Crippen molar-refractivity contribution in [2.75, 3.05) is 0 Å². The van der Waals surface area contributed by atoms with Gasteiger partial charge in [-0.25, -0.2) is 4.40 Å². The van der Waals surface area contributed by atoms with Crippen molar-refractivity contribution in [3.05, 3.63) is 59.7 Å². The zero-order valence-corrected chi connectivity index (χ0v) is 14.7. The van der Waals surface area contributed by atoms with Crippen molar-refractivity contribution in [2.24, 2.45) is 4.40 Å². The third-order valence-corrected chi connectivity index (χ3v) is 3.87. The van der Waals surface area contributed by atoms with Crippen molar-refractivity contribution in [3.63, 3.8) is 0 Å². The second-order valence-corrected chi connectivity index (χ2v) is 7.91. The lowest BCUT2D eigenvalue weighted by Gasteiger charge is -2.13. The molecule has 0 aliphatic heterocycles. The van der Waals surface area contributed by atoms with Gasteiger partial charge in [-0.1, -0.05) is 12.1 Å². The molecule has 0 saturated carbocycles. The molecule has 0 radical (unpaired) electrons. The van der Waals surface area contributed by atoms with E-state index < -0.39 is 0 Å². The first-order valence-electron chi connectivity index (χ1n) is 7.41. The molecular formula is C19H23NOS. The smallest absolute Gasteiger partial charge is 0.127 e. The summed E-state index contributed by atoms with van der Waals surface area (Å²) in [6, 6.07) is 16.1. The summed E-state index contributed by atoms with van der Waals surface area (Å²) in [7, 11) is 0. The number of benzene rings is 2. The van der Waals surface area contributed by atoms with Crippen LogP contribution in [-0.4, -0.2) is 10.5 Å². The van der Waals surface area contributed by atoms with Gasteiger partial charge < -0.3 is 4.74 Å². The van der Waals surface area contributed by atoms with Crippen LogP contribution in [0.15, 0.2) is 52.9 Å². The molecule has 0 heterocycles. The average molecular weight is 313 g/mol. The van der Waals surface area contributed by atoms with Gasteiger partial charge in [0.1, 0.15) is 11.5 Å². The van der Waals surface area contributed by atoms with E-state index in [0.717, 1.165) is 22.8 Å². The van der Waals surface area contributed by atoms with Crippen molar-refractivity contribution >= 4 is 17.7 Å². The van der Waals surface area contributed by atoms with E-state index in [2.05, 4.69) is 38.2 Å². The maximum atomic E-state index is 5.86. The van der Waals surface area contributed by atoms with Gasteiger partial charge in [0.2, 0.25) is 0 Å². The molecule has 0 bridgehead atoms. The van der Waals surface area contributed by atoms with Crippen LogP contribution < -0.4 is 4.74 Å². The van der Waals surface area contributed by atoms with Crippen molar-refractivity contribution in [1.82, 2.24) is 0 Å². The van der Waals surface area contributed by atoms with Gasteiger partial charge in [-0.2, -0.15) is 0 Å². The third-order valence-electron chi connectivity index (χ3n) is 2.95. The molecule has 2 aromatic rings. The first-order chi connectivity index (χ1) is 10.3. The van der Waals surface area contributed by atoms with Crippen molar-refractivity contribution < 1.29 is 4.74 Å². The molecule has 0 aliphatic rings. The molecule has 116 valence electrons. The number of aryl methyl sites for hydroxylation is 1. The Balaban J connectivity index is 2.07. The van der Waals surface area contributed by atoms with Crippen molar-refractivity contribution in [2.45, 2.75) is 39.4 Å². The van der Waals surface area contributed by atoms with Crippen LogP contribution in [0.25, 0.3) is 0 Å². The summed E-state index contributed by atoms with van der Waals surface area (Å²) >= 11 is 1.60. The number of hydrogen-bond donors (Lipinski definition) is 0. The second-order valence-electron chi connectivity index (χ2n) is 6.32. The first-order valence-corrected chi connectivity index (χ1v) is 8.18. The monoisotopic (exact) mass is 313 g/mol. The Kier molecular flexibility index (Phi) is 5.30. The van der Waals surface area contributed by atoms with Gasteiger partial charge in [0.15, 0.2) is 0 Å². The first kappa shape index (κ1) is 16.6. The summed E-state index contributed by atoms with van der Waals surface area (Å²) in [5, 5.41) is 0. The van der Waals surface area contributed by atoms with Crippen LogP contribution in [-0.2, 0) is 0 Å². The topological polar surface area (TPSA) is 21.6 Å². The molecule has 0 saturated heterocycles. The quantitative estimate of drug-likeness (QED) is 0.506. The predicted octanol–water partition coefficient (Wildman–Crippen LogP) is 6.04. The summed E-state index contributed by atoms with van der Waals surface area (Å²) in [5.41, 5.74) is 3.34. The summed E-state index contributed by atoms with van der Waals surface area (Å²) in [6.45, 7) is 10.6. The minimum Gasteiger partial charge on any atom is -0.457 e. The minimum atomic E-state index is 0.134. The van der Waals surface area contributed by atoms with Gasteiger partial charge in [-0.3, -0.25) is 0 Å². The van der Waals surface area contributed by atoms with E-state index >= 15 is 0 Å². The molecule has 2 rings (SSSR count). The lowest BCUT2D eigenvalue weighted by atomic mass is 10.1. The van der Waals surface area contributed by atoms with Crippen LogP contribution in [0.3, 0.4) is 0 Å². The lowest BCUT2D eigenvalue weighted by Crippen LogP contribution is -2.06. The Morgan fingerprint density at radius 3 is 2.27 bits per heavy atom. The van der Waals surface area contributed by atoms with Crippen molar-refractivity contribution in [3.8, 4) is 11.5 Å². The highest BCUT2D eigenvalue weighted by Gasteiger charge is 2.10. The molecule has 2 nitrogen and oxygen atoms in total. The molecule has 0 aromatic heterocycles. The molecule has 0 atom stereocenters. The summed E-state index contributed by atoms with van der Waals surface area (Å²) in [5.74, 6) is 1.70. The van der Waals surface area contributed by atoms with Gasteiger partial charge in [0.25, 0.3) is 0 Å². The highest BCUT2D eigenvalue weighted by atomic mass is 32.2. The molecule has 3 heteroatoms. The van der Waals surface area contributed by atoms with E-state index in [1.54, 1.807) is 11.9 Å². The van der Waals surface area contributed by atoms with Crippen molar-refractivity contribution in [1.29, 1.82) is 0 Å². The average Bonchev–Trinajstić information content (AvgIpc) is 2.45. The van der Waals surface area contributed by atoms with E-state index in [-0.39, 0.29) is 4.75 Å². The Bertz CT molecular complexity index is 654. The fraction of sp³-hybridized carbons (Fsp3) is 0.316. The number of rotatable bonds is 4. The van der Waals surface area contributed by atoms with E-state index in [0.29, 0.717) is 0 Å². The minimum absolute atomic E-state index is 0.134. The number of nitrogens with zero attached hydrogens (tertiary/aromatic N) is 1. The molecule has 0 spiro atoms. The van der Waals surface area contributed by atoms with Crippen LogP contribution in [0, 0.1) is 6.92 Å². The second kappa shape index (κ2) is 7.01. The van der Waals surface area contributed by atoms with E-state index in [1.165, 1.54) is 5.56 Å². The molecule has 0 fully saturated rings. The summed E-state index contributed by atoms with van der Waals surface area (Å²) in [6.07, 6.45) is 0. The standard InChI is InChI=1S/C19H23NOS/c1-14-7-6-8-18(13-14)21-17-11-9-16(10-12-17)15(2)20-22-19(3,4)5/h6-13H,1-5H3/b20-15+. The fourth-order valence-corrected chi connectivity index (χ4v) is 2.35. The molecule has 22 heavy (non-hydrogen) atoms. The Labute approximate surface area is 137 Å². The van der Waals surface area contributed by atoms with Crippen LogP contribution >= 0.6 is 11.9 Å². The van der Waals surface area contributed by atoms with E-state index in [9.17, 15) is 0 Å². The molecule has 2 aromatic carbocycles. The van der Waals surface area contributed by atoms with Gasteiger partial charge in [-0.15, -0.1) is 0 Å². The van der Waals surface area contributed by atoms with E-state index in [1.807, 2.05) is 49.4 Å². The van der Waals surface area contributed by atoms with Crippen LogP contribution in [0.5, 0.6) is 11.5 Å².